The molecule has 0 radical (unpaired) electrons. The van der Waals surface area contributed by atoms with Crippen LogP contribution in [0.25, 0.3) is 0 Å². The number of aromatic nitrogens is 4. The highest BCUT2D eigenvalue weighted by molar-refractivity contribution is 5.96. The molecule has 0 fully saturated rings. The van der Waals surface area contributed by atoms with Gasteiger partial charge in [0.2, 0.25) is 5.91 Å². The van der Waals surface area contributed by atoms with Crippen molar-refractivity contribution >= 4 is 11.8 Å². The second-order valence-corrected chi connectivity index (χ2v) is 4.11. The number of rotatable bonds is 5. The van der Waals surface area contributed by atoms with E-state index in [0.717, 1.165) is 0 Å². The SMILES string of the molecule is CC(NC(=O)CNC(=O)c1ccccc1)c1nn[nH]n1. The molecule has 0 saturated heterocycles. The van der Waals surface area contributed by atoms with Crippen LogP contribution in [0.4, 0.5) is 0 Å². The molecule has 1 aromatic carbocycles. The standard InChI is InChI=1S/C12H14N6O2/c1-8(11-15-17-18-16-11)14-10(19)7-13-12(20)9-5-3-2-4-6-9/h2-6,8H,7H2,1H3,(H,13,20)(H,14,19)(H,15,16,17,18). The molecule has 0 spiro atoms. The van der Waals surface area contributed by atoms with Gasteiger partial charge >= 0.3 is 0 Å². The summed E-state index contributed by atoms with van der Waals surface area (Å²) >= 11 is 0. The monoisotopic (exact) mass is 274 g/mol. The Labute approximate surface area is 115 Å². The fraction of sp³-hybridized carbons (Fsp3) is 0.250. The van der Waals surface area contributed by atoms with Crippen LogP contribution in [0.15, 0.2) is 30.3 Å². The molecular formula is C12H14N6O2. The average Bonchev–Trinajstić information content (AvgIpc) is 3.00. The van der Waals surface area contributed by atoms with E-state index in [0.29, 0.717) is 11.4 Å². The van der Waals surface area contributed by atoms with Crippen molar-refractivity contribution in [2.75, 3.05) is 6.54 Å². The van der Waals surface area contributed by atoms with E-state index >= 15 is 0 Å². The van der Waals surface area contributed by atoms with Gasteiger partial charge in [-0.05, 0) is 19.1 Å². The molecule has 2 amide bonds. The molecule has 1 unspecified atom stereocenters. The number of carbonyl (C=O) groups is 2. The summed E-state index contributed by atoms with van der Waals surface area (Å²) < 4.78 is 0. The summed E-state index contributed by atoms with van der Waals surface area (Å²) in [6.07, 6.45) is 0. The Kier molecular flexibility index (Phi) is 4.38. The van der Waals surface area contributed by atoms with E-state index in [2.05, 4.69) is 31.3 Å². The van der Waals surface area contributed by atoms with Crippen molar-refractivity contribution in [2.45, 2.75) is 13.0 Å². The summed E-state index contributed by atoms with van der Waals surface area (Å²) in [4.78, 5) is 23.4. The Morgan fingerprint density at radius 3 is 2.70 bits per heavy atom. The zero-order valence-electron chi connectivity index (χ0n) is 10.8. The van der Waals surface area contributed by atoms with Gasteiger partial charge < -0.3 is 10.6 Å². The number of aromatic amines is 1. The van der Waals surface area contributed by atoms with Crippen molar-refractivity contribution in [2.24, 2.45) is 0 Å². The van der Waals surface area contributed by atoms with E-state index in [-0.39, 0.29) is 24.4 Å². The fourth-order valence-corrected chi connectivity index (χ4v) is 1.56. The highest BCUT2D eigenvalue weighted by Crippen LogP contribution is 2.02. The quantitative estimate of drug-likeness (QED) is 0.699. The number of hydrogen-bond acceptors (Lipinski definition) is 5. The topological polar surface area (TPSA) is 113 Å². The molecule has 3 N–H and O–H groups in total. The summed E-state index contributed by atoms with van der Waals surface area (Å²) in [5.74, 6) is -0.243. The highest BCUT2D eigenvalue weighted by Gasteiger charge is 2.14. The molecule has 104 valence electrons. The van der Waals surface area contributed by atoms with Crippen LogP contribution in [0.3, 0.4) is 0 Å². The van der Waals surface area contributed by atoms with E-state index in [1.807, 2.05) is 6.07 Å². The third kappa shape index (κ3) is 3.61. The van der Waals surface area contributed by atoms with E-state index in [9.17, 15) is 9.59 Å². The molecule has 0 aliphatic heterocycles. The summed E-state index contributed by atoms with van der Waals surface area (Å²) in [7, 11) is 0. The van der Waals surface area contributed by atoms with Crippen molar-refractivity contribution < 1.29 is 9.59 Å². The maximum atomic E-state index is 11.7. The zero-order valence-corrected chi connectivity index (χ0v) is 10.8. The molecule has 2 aromatic rings. The number of amides is 2. The van der Waals surface area contributed by atoms with Gasteiger partial charge in [0.15, 0.2) is 5.82 Å². The molecule has 1 heterocycles. The minimum absolute atomic E-state index is 0.115. The van der Waals surface area contributed by atoms with Gasteiger partial charge in [-0.3, -0.25) is 9.59 Å². The predicted molar refractivity (Wildman–Crippen MR) is 69.5 cm³/mol. The third-order valence-corrected chi connectivity index (χ3v) is 2.57. The first kappa shape index (κ1) is 13.7. The summed E-state index contributed by atoms with van der Waals surface area (Å²) in [5, 5.41) is 18.4. The molecule has 8 heteroatoms. The Morgan fingerprint density at radius 1 is 1.30 bits per heavy atom. The van der Waals surface area contributed by atoms with Crippen molar-refractivity contribution in [1.82, 2.24) is 31.3 Å². The van der Waals surface area contributed by atoms with Crippen molar-refractivity contribution in [3.05, 3.63) is 41.7 Å². The lowest BCUT2D eigenvalue weighted by Crippen LogP contribution is -2.38. The second-order valence-electron chi connectivity index (χ2n) is 4.11. The van der Waals surface area contributed by atoms with E-state index in [4.69, 9.17) is 0 Å². The molecular weight excluding hydrogens is 260 g/mol. The van der Waals surface area contributed by atoms with Gasteiger partial charge in [0.25, 0.3) is 5.91 Å². The average molecular weight is 274 g/mol. The first-order valence-corrected chi connectivity index (χ1v) is 6.03. The van der Waals surface area contributed by atoms with Crippen LogP contribution >= 0.6 is 0 Å². The molecule has 1 aromatic heterocycles. The molecule has 0 bridgehead atoms. The first-order chi connectivity index (χ1) is 9.66. The number of tetrazole rings is 1. The normalized spacial score (nSPS) is 11.7. The minimum atomic E-state index is -0.380. The smallest absolute Gasteiger partial charge is 0.251 e. The number of hydrogen-bond donors (Lipinski definition) is 3. The maximum absolute atomic E-state index is 11.7. The Bertz CT molecular complexity index is 569. The first-order valence-electron chi connectivity index (χ1n) is 6.03. The second kappa shape index (κ2) is 6.41. The molecule has 1 atom stereocenters. The van der Waals surface area contributed by atoms with Gasteiger partial charge in [-0.25, -0.2) is 0 Å². The molecule has 0 saturated carbocycles. The Morgan fingerprint density at radius 2 is 2.05 bits per heavy atom. The largest absolute Gasteiger partial charge is 0.345 e. The number of H-pyrrole nitrogens is 1. The molecule has 20 heavy (non-hydrogen) atoms. The zero-order chi connectivity index (χ0) is 14.4. The van der Waals surface area contributed by atoms with E-state index in [1.54, 1.807) is 31.2 Å². The van der Waals surface area contributed by atoms with Gasteiger partial charge in [0.1, 0.15) is 0 Å². The van der Waals surface area contributed by atoms with Crippen LogP contribution in [-0.2, 0) is 4.79 Å². The van der Waals surface area contributed by atoms with Crippen molar-refractivity contribution in [3.63, 3.8) is 0 Å². The lowest BCUT2D eigenvalue weighted by Gasteiger charge is -2.10. The highest BCUT2D eigenvalue weighted by atomic mass is 16.2. The van der Waals surface area contributed by atoms with Crippen LogP contribution in [0.5, 0.6) is 0 Å². The third-order valence-electron chi connectivity index (χ3n) is 2.57. The van der Waals surface area contributed by atoms with Gasteiger partial charge in [0, 0.05) is 5.56 Å². The van der Waals surface area contributed by atoms with Crippen LogP contribution in [0.2, 0.25) is 0 Å². The summed E-state index contributed by atoms with van der Waals surface area (Å²) in [6, 6.07) is 8.30. The molecule has 0 aliphatic rings. The molecule has 0 aliphatic carbocycles. The van der Waals surface area contributed by atoms with E-state index in [1.165, 1.54) is 0 Å². The van der Waals surface area contributed by atoms with Crippen LogP contribution in [0, 0.1) is 0 Å². The van der Waals surface area contributed by atoms with Gasteiger partial charge in [-0.15, -0.1) is 10.2 Å². The van der Waals surface area contributed by atoms with Crippen molar-refractivity contribution in [1.29, 1.82) is 0 Å². The Balaban J connectivity index is 1.79. The minimum Gasteiger partial charge on any atom is -0.345 e. The maximum Gasteiger partial charge on any atom is 0.251 e. The number of benzene rings is 1. The Hall–Kier alpha value is -2.77. The number of carbonyl (C=O) groups excluding carboxylic acids is 2. The fourth-order valence-electron chi connectivity index (χ4n) is 1.56. The van der Waals surface area contributed by atoms with Gasteiger partial charge in [-0.1, -0.05) is 23.4 Å². The van der Waals surface area contributed by atoms with E-state index < -0.39 is 0 Å². The van der Waals surface area contributed by atoms with Crippen molar-refractivity contribution in [3.8, 4) is 0 Å². The lowest BCUT2D eigenvalue weighted by atomic mass is 10.2. The summed E-state index contributed by atoms with van der Waals surface area (Å²) in [5.41, 5.74) is 0.506. The lowest BCUT2D eigenvalue weighted by molar-refractivity contribution is -0.120. The number of nitrogens with zero attached hydrogens (tertiary/aromatic N) is 3. The number of nitrogens with one attached hydrogen (secondary N) is 3. The molecule has 2 rings (SSSR count). The summed E-state index contributed by atoms with van der Waals surface area (Å²) in [6.45, 7) is 1.61. The van der Waals surface area contributed by atoms with Gasteiger partial charge in [-0.2, -0.15) is 5.21 Å². The van der Waals surface area contributed by atoms with Crippen LogP contribution in [0.1, 0.15) is 29.1 Å². The van der Waals surface area contributed by atoms with Gasteiger partial charge in [0.05, 0.1) is 12.6 Å². The van der Waals surface area contributed by atoms with Crippen LogP contribution < -0.4 is 10.6 Å². The van der Waals surface area contributed by atoms with Crippen LogP contribution in [-0.4, -0.2) is 39.0 Å². The molecule has 8 nitrogen and oxygen atoms in total. The predicted octanol–water partition coefficient (Wildman–Crippen LogP) is -0.193.